The Morgan fingerprint density at radius 2 is 2.00 bits per heavy atom. The molecule has 1 amide bonds. The zero-order chi connectivity index (χ0) is 16.2. The van der Waals surface area contributed by atoms with E-state index in [9.17, 15) is 4.79 Å². The molecular weight excluding hydrogens is 316 g/mol. The minimum Gasteiger partial charge on any atom is -0.495 e. The molecule has 1 N–H and O–H groups in total. The predicted molar refractivity (Wildman–Crippen MR) is 89.4 cm³/mol. The molecule has 0 bridgehead atoms. The van der Waals surface area contributed by atoms with Crippen LogP contribution in [-0.2, 0) is 0 Å². The number of methoxy groups -OCH3 is 1. The first-order chi connectivity index (χ1) is 11.2. The molecule has 0 radical (unpaired) electrons. The molecule has 0 aliphatic carbocycles. The second kappa shape index (κ2) is 6.83. The molecule has 7 heteroatoms. The summed E-state index contributed by atoms with van der Waals surface area (Å²) in [6, 6.07) is 8.55. The zero-order valence-electron chi connectivity index (χ0n) is 12.8. The van der Waals surface area contributed by atoms with Gasteiger partial charge in [-0.25, -0.2) is 0 Å². The Morgan fingerprint density at radius 3 is 2.61 bits per heavy atom. The van der Waals surface area contributed by atoms with Gasteiger partial charge in [-0.15, -0.1) is 10.2 Å². The quantitative estimate of drug-likeness (QED) is 0.932. The lowest BCUT2D eigenvalue weighted by molar-refractivity contribution is 0.102. The van der Waals surface area contributed by atoms with E-state index < -0.39 is 0 Å². The fraction of sp³-hybridized carbons (Fsp3) is 0.312. The van der Waals surface area contributed by atoms with E-state index in [1.807, 2.05) is 6.07 Å². The molecule has 1 fully saturated rings. The van der Waals surface area contributed by atoms with E-state index in [1.165, 1.54) is 20.0 Å². The third-order valence-corrected chi connectivity index (χ3v) is 4.02. The smallest absolute Gasteiger partial charge is 0.276 e. The van der Waals surface area contributed by atoms with E-state index in [2.05, 4.69) is 20.4 Å². The Kier molecular flexibility index (Phi) is 4.62. The molecule has 0 unspecified atom stereocenters. The van der Waals surface area contributed by atoms with Crippen LogP contribution < -0.4 is 15.0 Å². The van der Waals surface area contributed by atoms with Gasteiger partial charge in [0.2, 0.25) is 0 Å². The SMILES string of the molecule is COc1ccc(NC(=O)c2ccc(N3CCCC3)nn2)cc1Cl. The molecule has 0 atom stereocenters. The number of nitrogens with zero attached hydrogens (tertiary/aromatic N) is 3. The maximum absolute atomic E-state index is 12.2. The zero-order valence-corrected chi connectivity index (χ0v) is 13.5. The number of benzene rings is 1. The summed E-state index contributed by atoms with van der Waals surface area (Å²) in [6.45, 7) is 1.98. The highest BCUT2D eigenvalue weighted by Crippen LogP contribution is 2.27. The molecule has 1 aliphatic rings. The first-order valence-corrected chi connectivity index (χ1v) is 7.79. The lowest BCUT2D eigenvalue weighted by Crippen LogP contribution is -2.21. The van der Waals surface area contributed by atoms with Crippen molar-refractivity contribution < 1.29 is 9.53 Å². The first kappa shape index (κ1) is 15.6. The van der Waals surface area contributed by atoms with Crippen molar-refractivity contribution in [2.75, 3.05) is 30.4 Å². The van der Waals surface area contributed by atoms with Crippen molar-refractivity contribution in [3.05, 3.63) is 41.0 Å². The summed E-state index contributed by atoms with van der Waals surface area (Å²) in [5.74, 6) is 1.04. The summed E-state index contributed by atoms with van der Waals surface area (Å²) >= 11 is 6.04. The Balaban J connectivity index is 1.69. The molecule has 6 nitrogen and oxygen atoms in total. The number of rotatable bonds is 4. The third-order valence-electron chi connectivity index (χ3n) is 3.72. The lowest BCUT2D eigenvalue weighted by Gasteiger charge is -2.15. The van der Waals surface area contributed by atoms with Crippen LogP contribution in [0.5, 0.6) is 5.75 Å². The van der Waals surface area contributed by atoms with Crippen LogP contribution in [0.4, 0.5) is 11.5 Å². The summed E-state index contributed by atoms with van der Waals surface area (Å²) < 4.78 is 5.08. The van der Waals surface area contributed by atoms with Crippen LogP contribution in [0.1, 0.15) is 23.3 Å². The normalized spacial score (nSPS) is 13.9. The van der Waals surface area contributed by atoms with Gasteiger partial charge < -0.3 is 15.0 Å². The summed E-state index contributed by atoms with van der Waals surface area (Å²) in [5, 5.41) is 11.3. The van der Waals surface area contributed by atoms with E-state index >= 15 is 0 Å². The topological polar surface area (TPSA) is 67.3 Å². The Labute approximate surface area is 139 Å². The summed E-state index contributed by atoms with van der Waals surface area (Å²) in [4.78, 5) is 14.4. The number of aromatic nitrogens is 2. The molecule has 1 aliphatic heterocycles. The average molecular weight is 333 g/mol. The van der Waals surface area contributed by atoms with E-state index in [1.54, 1.807) is 24.3 Å². The highest BCUT2D eigenvalue weighted by Gasteiger charge is 2.15. The molecule has 1 aromatic carbocycles. The van der Waals surface area contributed by atoms with Crippen LogP contribution >= 0.6 is 11.6 Å². The standard InChI is InChI=1S/C16H17ClN4O2/c1-23-14-6-4-11(10-12(14)17)18-16(22)13-5-7-15(20-19-13)21-8-2-3-9-21/h4-7,10H,2-3,8-9H2,1H3,(H,18,22). The molecule has 0 saturated carbocycles. The minimum absolute atomic E-state index is 0.264. The molecule has 3 rings (SSSR count). The van der Waals surface area contributed by atoms with Gasteiger partial charge >= 0.3 is 0 Å². The first-order valence-electron chi connectivity index (χ1n) is 7.41. The minimum atomic E-state index is -0.327. The third kappa shape index (κ3) is 3.53. The van der Waals surface area contributed by atoms with Gasteiger partial charge in [-0.2, -0.15) is 0 Å². The second-order valence-corrected chi connectivity index (χ2v) is 5.68. The average Bonchev–Trinajstić information content (AvgIpc) is 3.09. The molecule has 0 spiro atoms. The molecule has 2 heterocycles. The van der Waals surface area contributed by atoms with Crippen molar-refractivity contribution in [3.8, 4) is 5.75 Å². The number of carbonyl (C=O) groups is 1. The molecule has 23 heavy (non-hydrogen) atoms. The van der Waals surface area contributed by atoms with Gasteiger partial charge in [0.1, 0.15) is 5.75 Å². The van der Waals surface area contributed by atoms with Gasteiger partial charge in [0.15, 0.2) is 11.5 Å². The number of halogens is 1. The van der Waals surface area contributed by atoms with E-state index in [-0.39, 0.29) is 11.6 Å². The van der Waals surface area contributed by atoms with Crippen molar-refractivity contribution in [3.63, 3.8) is 0 Å². The molecule has 1 saturated heterocycles. The highest BCUT2D eigenvalue weighted by molar-refractivity contribution is 6.32. The Hall–Kier alpha value is -2.34. The van der Waals surface area contributed by atoms with Gasteiger partial charge in [-0.1, -0.05) is 11.6 Å². The van der Waals surface area contributed by atoms with Gasteiger partial charge in [-0.05, 0) is 43.2 Å². The summed E-state index contributed by atoms with van der Waals surface area (Å²) in [6.07, 6.45) is 2.34. The van der Waals surface area contributed by atoms with Crippen molar-refractivity contribution in [2.45, 2.75) is 12.8 Å². The van der Waals surface area contributed by atoms with E-state index in [0.717, 1.165) is 18.9 Å². The van der Waals surface area contributed by atoms with Crippen LogP contribution in [0, 0.1) is 0 Å². The number of carbonyl (C=O) groups excluding carboxylic acids is 1. The maximum Gasteiger partial charge on any atom is 0.276 e. The van der Waals surface area contributed by atoms with Crippen LogP contribution in [0.3, 0.4) is 0 Å². The largest absolute Gasteiger partial charge is 0.495 e. The number of hydrogen-bond donors (Lipinski definition) is 1. The fourth-order valence-electron chi connectivity index (χ4n) is 2.50. The van der Waals surface area contributed by atoms with Crippen LogP contribution in [-0.4, -0.2) is 36.3 Å². The van der Waals surface area contributed by atoms with Crippen LogP contribution in [0.25, 0.3) is 0 Å². The number of hydrogen-bond acceptors (Lipinski definition) is 5. The molecule has 1 aromatic heterocycles. The molecule has 120 valence electrons. The van der Waals surface area contributed by atoms with E-state index in [4.69, 9.17) is 16.3 Å². The van der Waals surface area contributed by atoms with Gasteiger partial charge in [0.25, 0.3) is 5.91 Å². The highest BCUT2D eigenvalue weighted by atomic mass is 35.5. The van der Waals surface area contributed by atoms with Gasteiger partial charge in [0.05, 0.1) is 12.1 Å². The number of nitrogens with one attached hydrogen (secondary N) is 1. The van der Waals surface area contributed by atoms with Crippen molar-refractivity contribution in [1.82, 2.24) is 10.2 Å². The van der Waals surface area contributed by atoms with E-state index in [0.29, 0.717) is 16.5 Å². The van der Waals surface area contributed by atoms with Crippen LogP contribution in [0.2, 0.25) is 5.02 Å². The van der Waals surface area contributed by atoms with Crippen LogP contribution in [0.15, 0.2) is 30.3 Å². The second-order valence-electron chi connectivity index (χ2n) is 5.27. The van der Waals surface area contributed by atoms with Gasteiger partial charge in [0, 0.05) is 18.8 Å². The number of ether oxygens (including phenoxy) is 1. The predicted octanol–water partition coefficient (Wildman–Crippen LogP) is 2.99. The maximum atomic E-state index is 12.2. The molecular formula is C16H17ClN4O2. The van der Waals surface area contributed by atoms with Gasteiger partial charge in [-0.3, -0.25) is 4.79 Å². The fourth-order valence-corrected chi connectivity index (χ4v) is 2.76. The lowest BCUT2D eigenvalue weighted by atomic mass is 10.3. The number of anilines is 2. The van der Waals surface area contributed by atoms with Crippen molar-refractivity contribution >= 4 is 29.0 Å². The van der Waals surface area contributed by atoms with Crippen molar-refractivity contribution in [2.24, 2.45) is 0 Å². The summed E-state index contributed by atoms with van der Waals surface area (Å²) in [5.41, 5.74) is 0.839. The summed E-state index contributed by atoms with van der Waals surface area (Å²) in [7, 11) is 1.54. The number of amides is 1. The monoisotopic (exact) mass is 332 g/mol. The Bertz CT molecular complexity index is 700. The van der Waals surface area contributed by atoms with Crippen molar-refractivity contribution in [1.29, 1.82) is 0 Å². The molecule has 2 aromatic rings. The Morgan fingerprint density at radius 1 is 1.22 bits per heavy atom.